The summed E-state index contributed by atoms with van der Waals surface area (Å²) >= 11 is 6.03. The highest BCUT2D eigenvalue weighted by atomic mass is 35.5. The van der Waals surface area contributed by atoms with Gasteiger partial charge in [-0.3, -0.25) is 0 Å². The molecule has 0 atom stereocenters. The van der Waals surface area contributed by atoms with E-state index in [0.29, 0.717) is 27.1 Å². The number of hydrogen-bond donors (Lipinski definition) is 2. The van der Waals surface area contributed by atoms with Crippen molar-refractivity contribution >= 4 is 46.1 Å². The molecule has 132 valence electrons. The second-order valence-corrected chi connectivity index (χ2v) is 5.99. The molecule has 0 aliphatic heterocycles. The molecule has 0 aliphatic carbocycles. The van der Waals surface area contributed by atoms with Crippen LogP contribution in [0, 0.1) is 0 Å². The minimum absolute atomic E-state index is 0.0759. The number of benzene rings is 2. The molecule has 1 heterocycles. The third kappa shape index (κ3) is 3.48. The number of carboxylic acid groups (broad SMARTS) is 1. The van der Waals surface area contributed by atoms with Crippen LogP contribution in [0.2, 0.25) is 5.02 Å². The molecular weight excluding hydrogens is 354 g/mol. The maximum atomic E-state index is 12.3. The molecule has 2 N–H and O–H groups in total. The number of carbonyl (C=O) groups is 2. The normalized spacial score (nSPS) is 11.5. The van der Waals surface area contributed by atoms with E-state index < -0.39 is 11.9 Å². The van der Waals surface area contributed by atoms with Crippen LogP contribution in [0.3, 0.4) is 0 Å². The molecule has 6 heteroatoms. The zero-order valence-electron chi connectivity index (χ0n) is 14.0. The van der Waals surface area contributed by atoms with E-state index in [0.717, 1.165) is 0 Å². The lowest BCUT2D eigenvalue weighted by molar-refractivity contribution is -0.130. The molecule has 0 radical (unpaired) electrons. The third-order valence-corrected chi connectivity index (χ3v) is 4.12. The molecule has 0 saturated carbocycles. The van der Waals surface area contributed by atoms with Crippen LogP contribution in [-0.2, 0) is 9.53 Å². The van der Waals surface area contributed by atoms with E-state index in [4.69, 9.17) is 16.3 Å². The first kappa shape index (κ1) is 17.8. The van der Waals surface area contributed by atoms with E-state index in [-0.39, 0.29) is 17.9 Å². The number of aromatic nitrogens is 1. The minimum atomic E-state index is -1.09. The zero-order valence-corrected chi connectivity index (χ0v) is 14.7. The molecule has 5 nitrogen and oxygen atoms in total. The Kier molecular flexibility index (Phi) is 5.09. The van der Waals surface area contributed by atoms with Gasteiger partial charge in [-0.1, -0.05) is 48.0 Å². The second kappa shape index (κ2) is 7.45. The number of nitrogens with one attached hydrogen (secondary N) is 1. The Morgan fingerprint density at radius 1 is 1.19 bits per heavy atom. The Balaban J connectivity index is 2.26. The van der Waals surface area contributed by atoms with Gasteiger partial charge in [0.1, 0.15) is 5.69 Å². The predicted molar refractivity (Wildman–Crippen MR) is 101 cm³/mol. The van der Waals surface area contributed by atoms with Gasteiger partial charge in [-0.15, -0.1) is 0 Å². The number of ether oxygens (including phenoxy) is 1. The van der Waals surface area contributed by atoms with E-state index in [1.165, 1.54) is 6.08 Å². The van der Waals surface area contributed by atoms with Crippen LogP contribution in [0.4, 0.5) is 0 Å². The van der Waals surface area contributed by atoms with E-state index in [1.54, 1.807) is 55.5 Å². The van der Waals surface area contributed by atoms with Gasteiger partial charge in [0.2, 0.25) is 0 Å². The molecule has 1 aromatic heterocycles. The van der Waals surface area contributed by atoms with Gasteiger partial charge < -0.3 is 14.8 Å². The summed E-state index contributed by atoms with van der Waals surface area (Å²) in [5, 5.41) is 10.9. The number of esters is 1. The lowest BCUT2D eigenvalue weighted by Crippen LogP contribution is -2.07. The molecule has 26 heavy (non-hydrogen) atoms. The number of halogens is 1. The summed E-state index contributed by atoms with van der Waals surface area (Å²) in [6.45, 7) is 1.92. The van der Waals surface area contributed by atoms with Crippen molar-refractivity contribution in [3.63, 3.8) is 0 Å². The van der Waals surface area contributed by atoms with Crippen molar-refractivity contribution in [2.45, 2.75) is 6.92 Å². The Morgan fingerprint density at radius 2 is 1.92 bits per heavy atom. The first-order valence-electron chi connectivity index (χ1n) is 8.00. The minimum Gasteiger partial charge on any atom is -0.478 e. The molecular formula is C20H16ClNO4. The number of carbonyl (C=O) groups excluding carboxylic acids is 1. The van der Waals surface area contributed by atoms with Crippen molar-refractivity contribution in [3.8, 4) is 0 Å². The first-order valence-corrected chi connectivity index (χ1v) is 8.37. The number of aliphatic carboxylic acids is 1. The van der Waals surface area contributed by atoms with Gasteiger partial charge in [0, 0.05) is 21.5 Å². The summed E-state index contributed by atoms with van der Waals surface area (Å²) in [6, 6.07) is 13.8. The van der Waals surface area contributed by atoms with E-state index in [2.05, 4.69) is 4.98 Å². The third-order valence-electron chi connectivity index (χ3n) is 3.88. The van der Waals surface area contributed by atoms with Crippen LogP contribution < -0.4 is 0 Å². The Bertz CT molecular complexity index is 1010. The summed E-state index contributed by atoms with van der Waals surface area (Å²) in [7, 11) is 0. The summed E-state index contributed by atoms with van der Waals surface area (Å²) < 4.78 is 5.10. The molecule has 2 aromatic carbocycles. The Labute approximate surface area is 154 Å². The standard InChI is InChI=1S/C20H16ClNO4/c1-2-26-20(25)18-16(14-9-8-13(21)10-17(14)22-18)11-15(19(23)24)12-6-4-3-5-7-12/h3-11,22H,2H2,1H3,(H,23,24)/b15-11+. The number of aromatic amines is 1. The van der Waals surface area contributed by atoms with Crippen LogP contribution >= 0.6 is 11.6 Å². The number of rotatable bonds is 5. The zero-order chi connectivity index (χ0) is 18.7. The fourth-order valence-corrected chi connectivity index (χ4v) is 2.91. The van der Waals surface area contributed by atoms with Gasteiger partial charge in [0.15, 0.2) is 0 Å². The maximum absolute atomic E-state index is 12.3. The molecule has 0 aliphatic rings. The lowest BCUT2D eigenvalue weighted by Gasteiger charge is -2.05. The van der Waals surface area contributed by atoms with Crippen LogP contribution in [0.15, 0.2) is 48.5 Å². The van der Waals surface area contributed by atoms with Crippen LogP contribution in [0.25, 0.3) is 22.6 Å². The quantitative estimate of drug-likeness (QED) is 0.508. The number of carboxylic acids is 1. The molecule has 0 unspecified atom stereocenters. The van der Waals surface area contributed by atoms with Crippen molar-refractivity contribution in [1.29, 1.82) is 0 Å². The molecule has 3 rings (SSSR count). The number of H-pyrrole nitrogens is 1. The molecule has 0 fully saturated rings. The van der Waals surface area contributed by atoms with Crippen molar-refractivity contribution in [2.24, 2.45) is 0 Å². The second-order valence-electron chi connectivity index (χ2n) is 5.55. The average Bonchev–Trinajstić information content (AvgIpc) is 2.97. The monoisotopic (exact) mass is 369 g/mol. The van der Waals surface area contributed by atoms with E-state index in [9.17, 15) is 14.7 Å². The van der Waals surface area contributed by atoms with Crippen molar-refractivity contribution < 1.29 is 19.4 Å². The first-order chi connectivity index (χ1) is 12.5. The van der Waals surface area contributed by atoms with E-state index in [1.807, 2.05) is 0 Å². The number of fused-ring (bicyclic) bond motifs is 1. The van der Waals surface area contributed by atoms with Gasteiger partial charge in [-0.2, -0.15) is 0 Å². The lowest BCUT2D eigenvalue weighted by atomic mass is 10.0. The summed E-state index contributed by atoms with van der Waals surface area (Å²) in [5.74, 6) is -1.64. The van der Waals surface area contributed by atoms with Gasteiger partial charge in [0.05, 0.1) is 12.2 Å². The maximum Gasteiger partial charge on any atom is 0.355 e. The smallest absolute Gasteiger partial charge is 0.355 e. The molecule has 0 spiro atoms. The predicted octanol–water partition coefficient (Wildman–Crippen LogP) is 4.62. The van der Waals surface area contributed by atoms with Crippen molar-refractivity contribution in [3.05, 3.63) is 70.4 Å². The summed E-state index contributed by atoms with van der Waals surface area (Å²) in [5.41, 5.74) is 1.89. The average molecular weight is 370 g/mol. The van der Waals surface area contributed by atoms with Crippen LogP contribution in [0.5, 0.6) is 0 Å². The fourth-order valence-electron chi connectivity index (χ4n) is 2.74. The van der Waals surface area contributed by atoms with Crippen molar-refractivity contribution in [2.75, 3.05) is 6.61 Å². The highest BCUT2D eigenvalue weighted by Gasteiger charge is 2.20. The topological polar surface area (TPSA) is 79.4 Å². The molecule has 0 saturated heterocycles. The van der Waals surface area contributed by atoms with E-state index >= 15 is 0 Å². The number of hydrogen-bond acceptors (Lipinski definition) is 3. The summed E-state index contributed by atoms with van der Waals surface area (Å²) in [4.78, 5) is 27.1. The summed E-state index contributed by atoms with van der Waals surface area (Å²) in [6.07, 6.45) is 1.48. The van der Waals surface area contributed by atoms with Gasteiger partial charge in [-0.05, 0) is 30.7 Å². The Hall–Kier alpha value is -3.05. The Morgan fingerprint density at radius 3 is 2.58 bits per heavy atom. The van der Waals surface area contributed by atoms with Gasteiger partial charge in [0.25, 0.3) is 0 Å². The molecule has 0 amide bonds. The molecule has 0 bridgehead atoms. The van der Waals surface area contributed by atoms with Gasteiger partial charge >= 0.3 is 11.9 Å². The molecule has 3 aromatic rings. The van der Waals surface area contributed by atoms with Crippen LogP contribution in [0.1, 0.15) is 28.5 Å². The SMILES string of the molecule is CCOC(=O)c1[nH]c2cc(Cl)ccc2c1/C=C(/C(=O)O)c1ccccc1. The van der Waals surface area contributed by atoms with Crippen molar-refractivity contribution in [1.82, 2.24) is 4.98 Å². The fraction of sp³-hybridized carbons (Fsp3) is 0.100. The highest BCUT2D eigenvalue weighted by Crippen LogP contribution is 2.30. The van der Waals surface area contributed by atoms with Crippen LogP contribution in [-0.4, -0.2) is 28.6 Å². The highest BCUT2D eigenvalue weighted by molar-refractivity contribution is 6.31. The largest absolute Gasteiger partial charge is 0.478 e. The van der Waals surface area contributed by atoms with Gasteiger partial charge in [-0.25, -0.2) is 9.59 Å².